The number of likely N-dealkylation sites (tertiary alicyclic amines) is 1. The number of hydrogen-bond donors (Lipinski definition) is 0. The van der Waals surface area contributed by atoms with Crippen LogP contribution in [0.1, 0.15) is 31.2 Å². The van der Waals surface area contributed by atoms with Gasteiger partial charge in [-0.05, 0) is 69.3 Å². The van der Waals surface area contributed by atoms with E-state index in [0.29, 0.717) is 31.5 Å². The summed E-state index contributed by atoms with van der Waals surface area (Å²) in [5, 5.41) is 0. The second kappa shape index (κ2) is 7.72. The molecule has 28 heavy (non-hydrogen) atoms. The van der Waals surface area contributed by atoms with Crippen molar-refractivity contribution >= 4 is 15.9 Å². The zero-order valence-corrected chi connectivity index (χ0v) is 17.9. The number of aryl methyl sites for hydroxylation is 1. The molecule has 2 fully saturated rings. The van der Waals surface area contributed by atoms with Gasteiger partial charge in [0.25, 0.3) is 0 Å². The Bertz CT molecular complexity index is 848. The van der Waals surface area contributed by atoms with Crippen molar-refractivity contribution in [2.45, 2.75) is 43.5 Å². The number of halogens is 1. The molecule has 2 aliphatic heterocycles. The molecule has 0 N–H and O–H groups in total. The number of carbonyl (C=O) groups excluding carboxylic acids is 1. The molecule has 2 heterocycles. The van der Waals surface area contributed by atoms with E-state index >= 15 is 0 Å². The molecule has 0 saturated carbocycles. The molecule has 0 bridgehead atoms. The lowest BCUT2D eigenvalue weighted by Gasteiger charge is -2.52. The Kier molecular flexibility index (Phi) is 5.85. The Balaban J connectivity index is 1.82. The van der Waals surface area contributed by atoms with Gasteiger partial charge in [0.15, 0.2) is 0 Å². The molecule has 1 unspecified atom stereocenters. The van der Waals surface area contributed by atoms with Gasteiger partial charge >= 0.3 is 0 Å². The largest absolute Gasteiger partial charge is 0.347 e. The average Bonchev–Trinajstić information content (AvgIpc) is 2.64. The Morgan fingerprint density at radius 2 is 1.82 bits per heavy atom. The minimum Gasteiger partial charge on any atom is -0.347 e. The topological polar surface area (TPSA) is 60.9 Å². The van der Waals surface area contributed by atoms with Crippen molar-refractivity contribution < 1.29 is 17.6 Å². The molecule has 6 nitrogen and oxygen atoms in total. The van der Waals surface area contributed by atoms with Crippen LogP contribution in [0.25, 0.3) is 0 Å². The molecule has 0 radical (unpaired) electrons. The van der Waals surface area contributed by atoms with Crippen molar-refractivity contribution in [1.82, 2.24) is 14.1 Å². The molecule has 1 amide bonds. The molecule has 2 aliphatic rings. The van der Waals surface area contributed by atoms with Crippen LogP contribution in [0.2, 0.25) is 0 Å². The molecule has 156 valence electrons. The minimum atomic E-state index is -3.74. The molecule has 1 spiro atoms. The Morgan fingerprint density at radius 1 is 1.18 bits per heavy atom. The average molecular weight is 412 g/mol. The van der Waals surface area contributed by atoms with Crippen molar-refractivity contribution in [3.63, 3.8) is 0 Å². The SMILES string of the molecule is Cc1ccc(S(=O)(=O)N2CCC3(CCCN(C)C3C(=O)N(C)C)CC2)cc1F. The van der Waals surface area contributed by atoms with Crippen LogP contribution in [-0.2, 0) is 14.8 Å². The van der Waals surface area contributed by atoms with Crippen molar-refractivity contribution in [2.24, 2.45) is 5.41 Å². The van der Waals surface area contributed by atoms with Crippen LogP contribution in [0.3, 0.4) is 0 Å². The van der Waals surface area contributed by atoms with Crippen LogP contribution in [0.15, 0.2) is 23.1 Å². The molecule has 0 aromatic heterocycles. The first-order chi connectivity index (χ1) is 13.1. The Morgan fingerprint density at radius 3 is 2.39 bits per heavy atom. The molecule has 1 atom stereocenters. The maximum atomic E-state index is 13.9. The normalized spacial score (nSPS) is 23.7. The summed E-state index contributed by atoms with van der Waals surface area (Å²) in [6.07, 6.45) is 3.20. The molecular weight excluding hydrogens is 381 g/mol. The number of amides is 1. The minimum absolute atomic E-state index is 0.00627. The number of rotatable bonds is 3. The lowest BCUT2D eigenvalue weighted by molar-refractivity contribution is -0.143. The molecule has 2 saturated heterocycles. The monoisotopic (exact) mass is 411 g/mol. The van der Waals surface area contributed by atoms with E-state index in [1.807, 2.05) is 7.05 Å². The summed E-state index contributed by atoms with van der Waals surface area (Å²) in [7, 11) is 1.77. The summed E-state index contributed by atoms with van der Waals surface area (Å²) in [4.78, 5) is 16.6. The van der Waals surface area contributed by atoms with Crippen LogP contribution in [-0.4, -0.2) is 75.2 Å². The lowest BCUT2D eigenvalue weighted by Crippen LogP contribution is -2.61. The highest BCUT2D eigenvalue weighted by Gasteiger charge is 2.50. The predicted molar refractivity (Wildman–Crippen MR) is 106 cm³/mol. The van der Waals surface area contributed by atoms with Crippen molar-refractivity contribution in [2.75, 3.05) is 40.8 Å². The number of likely N-dealkylation sites (N-methyl/N-ethyl adjacent to an activating group) is 2. The molecule has 3 rings (SSSR count). The van der Waals surface area contributed by atoms with Crippen LogP contribution < -0.4 is 0 Å². The fourth-order valence-corrected chi connectivity index (χ4v) is 6.14. The van der Waals surface area contributed by atoms with Gasteiger partial charge in [-0.25, -0.2) is 12.8 Å². The van der Waals surface area contributed by atoms with Crippen molar-refractivity contribution in [3.8, 4) is 0 Å². The molecule has 0 aliphatic carbocycles. The number of benzene rings is 1. The summed E-state index contributed by atoms with van der Waals surface area (Å²) in [6.45, 7) is 3.18. The molecule has 8 heteroatoms. The van der Waals surface area contributed by atoms with Gasteiger partial charge in [0, 0.05) is 27.2 Å². The fraction of sp³-hybridized carbons (Fsp3) is 0.650. The van der Waals surface area contributed by atoms with Gasteiger partial charge in [-0.2, -0.15) is 4.31 Å². The predicted octanol–water partition coefficient (Wildman–Crippen LogP) is 2.09. The van der Waals surface area contributed by atoms with Gasteiger partial charge in [0.2, 0.25) is 15.9 Å². The first-order valence-corrected chi connectivity index (χ1v) is 11.2. The van der Waals surface area contributed by atoms with Gasteiger partial charge in [0.05, 0.1) is 10.9 Å². The van der Waals surface area contributed by atoms with Gasteiger partial charge in [-0.1, -0.05) is 6.07 Å². The van der Waals surface area contributed by atoms with Crippen LogP contribution in [0.5, 0.6) is 0 Å². The highest BCUT2D eigenvalue weighted by atomic mass is 32.2. The van der Waals surface area contributed by atoms with Gasteiger partial charge in [-0.15, -0.1) is 0 Å². The van der Waals surface area contributed by atoms with Crippen LogP contribution in [0, 0.1) is 18.2 Å². The lowest BCUT2D eigenvalue weighted by atomic mass is 9.67. The maximum Gasteiger partial charge on any atom is 0.243 e. The number of sulfonamides is 1. The summed E-state index contributed by atoms with van der Waals surface area (Å²) in [6, 6.07) is 3.83. The second-order valence-electron chi connectivity index (χ2n) is 8.40. The van der Waals surface area contributed by atoms with E-state index in [1.165, 1.54) is 16.4 Å². The van der Waals surface area contributed by atoms with E-state index in [0.717, 1.165) is 25.5 Å². The number of hydrogen-bond acceptors (Lipinski definition) is 4. The summed E-state index contributed by atoms with van der Waals surface area (Å²) in [5.41, 5.74) is 0.214. The Hall–Kier alpha value is -1.51. The second-order valence-corrected chi connectivity index (χ2v) is 10.3. The van der Waals surface area contributed by atoms with Gasteiger partial charge in [0.1, 0.15) is 5.82 Å². The van der Waals surface area contributed by atoms with Gasteiger partial charge < -0.3 is 4.90 Å². The zero-order valence-electron chi connectivity index (χ0n) is 17.1. The standard InChI is InChI=1S/C20H30FN3O3S/c1-15-6-7-16(14-17(15)21)28(26,27)24-12-9-20(10-13-24)8-5-11-23(4)18(20)19(25)22(2)3/h6-7,14,18H,5,8-13H2,1-4H3. The summed E-state index contributed by atoms with van der Waals surface area (Å²) >= 11 is 0. The number of piperidine rings is 2. The third-order valence-corrected chi connectivity index (χ3v) is 8.27. The molecule has 1 aromatic rings. The Labute approximate surface area is 167 Å². The molecular formula is C20H30FN3O3S. The van der Waals surface area contributed by atoms with Gasteiger partial charge in [-0.3, -0.25) is 9.69 Å². The first kappa shape index (κ1) is 21.2. The number of nitrogens with zero attached hydrogens (tertiary/aromatic N) is 3. The van der Waals surface area contributed by atoms with E-state index in [-0.39, 0.29) is 22.3 Å². The fourth-order valence-electron chi connectivity index (χ4n) is 4.69. The zero-order chi connectivity index (χ0) is 20.7. The van der Waals surface area contributed by atoms with E-state index in [1.54, 1.807) is 25.9 Å². The number of carbonyl (C=O) groups is 1. The van der Waals surface area contributed by atoms with E-state index in [9.17, 15) is 17.6 Å². The third kappa shape index (κ3) is 3.69. The highest BCUT2D eigenvalue weighted by Crippen LogP contribution is 2.45. The van der Waals surface area contributed by atoms with Crippen LogP contribution >= 0.6 is 0 Å². The van der Waals surface area contributed by atoms with Crippen molar-refractivity contribution in [3.05, 3.63) is 29.6 Å². The van der Waals surface area contributed by atoms with E-state index < -0.39 is 15.8 Å². The third-order valence-electron chi connectivity index (χ3n) is 6.38. The maximum absolute atomic E-state index is 13.9. The summed E-state index contributed by atoms with van der Waals surface area (Å²) in [5.74, 6) is -0.431. The quantitative estimate of drug-likeness (QED) is 0.764. The highest BCUT2D eigenvalue weighted by molar-refractivity contribution is 7.89. The van der Waals surface area contributed by atoms with Crippen molar-refractivity contribution in [1.29, 1.82) is 0 Å². The van der Waals surface area contributed by atoms with E-state index in [4.69, 9.17) is 0 Å². The first-order valence-electron chi connectivity index (χ1n) is 9.76. The smallest absolute Gasteiger partial charge is 0.243 e. The van der Waals surface area contributed by atoms with Crippen LogP contribution in [0.4, 0.5) is 4.39 Å². The van der Waals surface area contributed by atoms with E-state index in [2.05, 4.69) is 4.90 Å². The molecule has 1 aromatic carbocycles. The summed E-state index contributed by atoms with van der Waals surface area (Å²) < 4.78 is 41.3.